The molecule has 1 saturated heterocycles. The fourth-order valence-corrected chi connectivity index (χ4v) is 4.58. The molecule has 1 fully saturated rings. The molecular formula is C22H25ClF3N7O4. The first kappa shape index (κ1) is 26.8. The SMILES string of the molecule is C[C@@H](COCCC(=O)N1CCN2c3ncc(Cl)cc3N(C)C(=O)[C@@H]2C1)N=C1C=NNC(=O)C1C(F)(F)F. The van der Waals surface area contributed by atoms with E-state index in [0.29, 0.717) is 29.6 Å². The van der Waals surface area contributed by atoms with Gasteiger partial charge in [0, 0.05) is 26.3 Å². The number of anilines is 2. The van der Waals surface area contributed by atoms with Gasteiger partial charge in [0.1, 0.15) is 6.04 Å². The van der Waals surface area contributed by atoms with Crippen molar-refractivity contribution in [1.29, 1.82) is 0 Å². The van der Waals surface area contributed by atoms with E-state index in [-0.39, 0.29) is 38.0 Å². The maximum absolute atomic E-state index is 13.2. The average molecular weight is 544 g/mol. The Kier molecular flexibility index (Phi) is 7.69. The number of alkyl halides is 3. The summed E-state index contributed by atoms with van der Waals surface area (Å²) < 4.78 is 45.0. The number of halogens is 4. The number of likely N-dealkylation sites (N-methyl/N-ethyl adjacent to an activating group) is 1. The molecule has 4 rings (SSSR count). The van der Waals surface area contributed by atoms with Crippen molar-refractivity contribution in [2.24, 2.45) is 16.0 Å². The van der Waals surface area contributed by atoms with E-state index in [1.165, 1.54) is 18.0 Å². The van der Waals surface area contributed by atoms with Crippen molar-refractivity contribution in [3.63, 3.8) is 0 Å². The molecule has 0 spiro atoms. The van der Waals surface area contributed by atoms with Gasteiger partial charge in [-0.15, -0.1) is 0 Å². The second-order valence-corrected chi connectivity index (χ2v) is 9.32. The molecule has 1 N–H and O–H groups in total. The molecule has 3 aliphatic heterocycles. The van der Waals surface area contributed by atoms with Crippen molar-refractivity contribution in [2.75, 3.05) is 49.7 Å². The zero-order valence-electron chi connectivity index (χ0n) is 20.0. The van der Waals surface area contributed by atoms with Gasteiger partial charge in [0.25, 0.3) is 11.8 Å². The van der Waals surface area contributed by atoms with E-state index >= 15 is 0 Å². The molecule has 11 nitrogen and oxygen atoms in total. The first-order chi connectivity index (χ1) is 17.5. The molecule has 15 heteroatoms. The Bertz CT molecular complexity index is 1150. The Morgan fingerprint density at radius 2 is 2.11 bits per heavy atom. The lowest BCUT2D eigenvalue weighted by Gasteiger charge is -2.46. The van der Waals surface area contributed by atoms with Crippen LogP contribution in [0.5, 0.6) is 0 Å². The van der Waals surface area contributed by atoms with Crippen molar-refractivity contribution >= 4 is 52.8 Å². The van der Waals surface area contributed by atoms with Crippen LogP contribution in [0.1, 0.15) is 13.3 Å². The highest BCUT2D eigenvalue weighted by Crippen LogP contribution is 2.36. The molecule has 200 valence electrons. The van der Waals surface area contributed by atoms with Crippen molar-refractivity contribution in [1.82, 2.24) is 15.3 Å². The lowest BCUT2D eigenvalue weighted by molar-refractivity contribution is -0.168. The smallest absolute Gasteiger partial charge is 0.379 e. The number of pyridine rings is 1. The molecule has 0 aromatic carbocycles. The quantitative estimate of drug-likeness (QED) is 0.540. The molecule has 0 radical (unpaired) electrons. The number of fused-ring (bicyclic) bond motifs is 3. The Balaban J connectivity index is 1.28. The van der Waals surface area contributed by atoms with Crippen LogP contribution in [0.2, 0.25) is 5.02 Å². The standard InChI is InChI=1S/C22H25ClF3N7O4/c1-12(29-14-9-28-30-20(35)18(14)22(24,25)26)11-37-6-3-17(34)32-4-5-33-16(10-32)21(36)31(2)15-7-13(23)8-27-19(15)33/h7-9,12,16,18H,3-6,10-11H2,1-2H3,(H,30,35)/t12-,16-,18?/m0/s1. The molecule has 3 aliphatic rings. The Labute approximate surface area is 215 Å². The zero-order chi connectivity index (χ0) is 26.9. The Hall–Kier alpha value is -3.26. The molecule has 0 saturated carbocycles. The normalized spacial score (nSPS) is 23.6. The van der Waals surface area contributed by atoms with Gasteiger partial charge in [0.2, 0.25) is 5.91 Å². The number of rotatable bonds is 6. The summed E-state index contributed by atoms with van der Waals surface area (Å²) in [6.45, 7) is 2.50. The third-order valence-corrected chi connectivity index (χ3v) is 6.45. The van der Waals surface area contributed by atoms with Gasteiger partial charge in [-0.2, -0.15) is 18.3 Å². The van der Waals surface area contributed by atoms with Gasteiger partial charge in [-0.1, -0.05) is 11.6 Å². The van der Waals surface area contributed by atoms with E-state index in [2.05, 4.69) is 15.1 Å². The summed E-state index contributed by atoms with van der Waals surface area (Å²) in [6, 6.07) is 0.404. The highest BCUT2D eigenvalue weighted by atomic mass is 35.5. The number of hydrazone groups is 1. The van der Waals surface area contributed by atoms with Gasteiger partial charge in [0.05, 0.1) is 54.9 Å². The molecule has 3 atom stereocenters. The number of ether oxygens (including phenoxy) is 1. The number of nitrogens with zero attached hydrogens (tertiary/aromatic N) is 6. The van der Waals surface area contributed by atoms with Gasteiger partial charge >= 0.3 is 6.18 Å². The molecule has 1 aromatic heterocycles. The van der Waals surface area contributed by atoms with E-state index in [9.17, 15) is 27.6 Å². The van der Waals surface area contributed by atoms with E-state index in [4.69, 9.17) is 16.3 Å². The molecule has 3 amide bonds. The van der Waals surface area contributed by atoms with Gasteiger partial charge in [-0.3, -0.25) is 19.4 Å². The summed E-state index contributed by atoms with van der Waals surface area (Å²) in [7, 11) is 1.64. The van der Waals surface area contributed by atoms with Crippen LogP contribution in [0, 0.1) is 5.92 Å². The van der Waals surface area contributed by atoms with E-state index in [0.717, 1.165) is 6.21 Å². The topological polar surface area (TPSA) is 120 Å². The van der Waals surface area contributed by atoms with Crippen LogP contribution in [-0.2, 0) is 19.1 Å². The third kappa shape index (κ3) is 5.69. The third-order valence-electron chi connectivity index (χ3n) is 6.24. The summed E-state index contributed by atoms with van der Waals surface area (Å²) in [5.41, 5.74) is 1.90. The van der Waals surface area contributed by atoms with Crippen molar-refractivity contribution in [3.05, 3.63) is 17.3 Å². The Morgan fingerprint density at radius 3 is 2.84 bits per heavy atom. The number of amides is 3. The molecule has 37 heavy (non-hydrogen) atoms. The predicted octanol–water partition coefficient (Wildman–Crippen LogP) is 1.26. The van der Waals surface area contributed by atoms with Crippen molar-refractivity contribution in [3.8, 4) is 0 Å². The number of hydrogen-bond donors (Lipinski definition) is 1. The first-order valence-corrected chi connectivity index (χ1v) is 11.9. The van der Waals surface area contributed by atoms with Crippen LogP contribution >= 0.6 is 11.6 Å². The van der Waals surface area contributed by atoms with Crippen LogP contribution in [0.4, 0.5) is 24.7 Å². The largest absolute Gasteiger partial charge is 0.406 e. The van der Waals surface area contributed by atoms with Crippen molar-refractivity contribution in [2.45, 2.75) is 31.6 Å². The van der Waals surface area contributed by atoms with Gasteiger partial charge < -0.3 is 19.4 Å². The fourth-order valence-electron chi connectivity index (χ4n) is 4.43. The van der Waals surface area contributed by atoms with Gasteiger partial charge in [0.15, 0.2) is 11.7 Å². The number of carbonyl (C=O) groups is 3. The van der Waals surface area contributed by atoms with Crippen molar-refractivity contribution < 1.29 is 32.3 Å². The van der Waals surface area contributed by atoms with Crippen LogP contribution in [0.3, 0.4) is 0 Å². The minimum Gasteiger partial charge on any atom is -0.379 e. The highest BCUT2D eigenvalue weighted by molar-refractivity contribution is 6.37. The van der Waals surface area contributed by atoms with Crippen LogP contribution in [0.25, 0.3) is 0 Å². The molecule has 4 heterocycles. The zero-order valence-corrected chi connectivity index (χ0v) is 20.8. The minimum absolute atomic E-state index is 0.0208. The maximum atomic E-state index is 13.2. The average Bonchev–Trinajstić information content (AvgIpc) is 2.84. The van der Waals surface area contributed by atoms with Crippen LogP contribution in [-0.4, -0.2) is 97.7 Å². The van der Waals surface area contributed by atoms with Crippen LogP contribution < -0.4 is 15.2 Å². The molecule has 0 aliphatic carbocycles. The van der Waals surface area contributed by atoms with Crippen LogP contribution in [0.15, 0.2) is 22.4 Å². The van der Waals surface area contributed by atoms with E-state index in [1.807, 2.05) is 4.90 Å². The van der Waals surface area contributed by atoms with Gasteiger partial charge in [-0.05, 0) is 13.0 Å². The lowest BCUT2D eigenvalue weighted by atomic mass is 10.0. The first-order valence-electron chi connectivity index (χ1n) is 11.5. The summed E-state index contributed by atoms with van der Waals surface area (Å²) in [5.74, 6) is -3.44. The summed E-state index contributed by atoms with van der Waals surface area (Å²) in [5, 5.41) is 3.82. The predicted molar refractivity (Wildman–Crippen MR) is 129 cm³/mol. The number of piperazine rings is 1. The summed E-state index contributed by atoms with van der Waals surface area (Å²) in [4.78, 5) is 50.5. The number of hydrogen-bond acceptors (Lipinski definition) is 8. The maximum Gasteiger partial charge on any atom is 0.406 e. The lowest BCUT2D eigenvalue weighted by Crippen LogP contribution is -2.63. The van der Waals surface area contributed by atoms with E-state index < -0.39 is 35.8 Å². The second-order valence-electron chi connectivity index (χ2n) is 8.88. The number of aliphatic imine (C=N–C) groups is 1. The number of aromatic nitrogens is 1. The van der Waals surface area contributed by atoms with Gasteiger partial charge in [-0.25, -0.2) is 10.4 Å². The molecule has 1 aromatic rings. The number of nitrogens with one attached hydrogen (secondary N) is 1. The monoisotopic (exact) mass is 543 g/mol. The molecule has 0 bridgehead atoms. The Morgan fingerprint density at radius 1 is 1.35 bits per heavy atom. The fraction of sp³-hybridized carbons (Fsp3) is 0.545. The number of carbonyl (C=O) groups excluding carboxylic acids is 3. The molecular weight excluding hydrogens is 519 g/mol. The molecule has 1 unspecified atom stereocenters. The summed E-state index contributed by atoms with van der Waals surface area (Å²) >= 11 is 6.03. The van der Waals surface area contributed by atoms with E-state index in [1.54, 1.807) is 23.4 Å². The minimum atomic E-state index is -4.80. The highest BCUT2D eigenvalue weighted by Gasteiger charge is 2.49. The second kappa shape index (κ2) is 10.6. The summed E-state index contributed by atoms with van der Waals surface area (Å²) in [6.07, 6.45) is -2.39.